The molecule has 0 bridgehead atoms. The van der Waals surface area contributed by atoms with Crippen molar-refractivity contribution in [3.63, 3.8) is 0 Å². The van der Waals surface area contributed by atoms with E-state index in [1.165, 1.54) is 29.7 Å². The van der Waals surface area contributed by atoms with Crippen molar-refractivity contribution in [1.82, 2.24) is 25.3 Å². The molecule has 1 fully saturated rings. The lowest BCUT2D eigenvalue weighted by atomic mass is 9.93. The lowest BCUT2D eigenvalue weighted by molar-refractivity contribution is -0.116. The molecule has 5 rings (SSSR count). The Kier molecular flexibility index (Phi) is 4.95. The van der Waals surface area contributed by atoms with Gasteiger partial charge in [-0.2, -0.15) is 5.10 Å². The maximum atomic E-state index is 12.5. The van der Waals surface area contributed by atoms with Crippen molar-refractivity contribution in [2.24, 2.45) is 5.10 Å². The second kappa shape index (κ2) is 7.88. The molecule has 8 heteroatoms. The minimum atomic E-state index is -0.225. The standard InChI is InChI=1S/C21H24N6O2/c28-21-15(19(25-26-21)20-22-6-3-7-23-20)12-18-16(13-27-8-10-29-11-9-27)14-4-1-2-5-17(14)24-18/h3,6-7,12,24H,1-2,4-5,8-11,13H2,(H,26,28)/b15-12+. The van der Waals surface area contributed by atoms with Crippen molar-refractivity contribution in [2.75, 3.05) is 26.3 Å². The molecule has 1 amide bonds. The van der Waals surface area contributed by atoms with E-state index in [1.807, 2.05) is 6.08 Å². The van der Waals surface area contributed by atoms with Crippen LogP contribution in [0.1, 0.15) is 41.2 Å². The smallest absolute Gasteiger partial charge is 0.273 e. The van der Waals surface area contributed by atoms with Crippen LogP contribution in [0.5, 0.6) is 0 Å². The number of amides is 1. The normalized spacial score (nSPS) is 21.2. The van der Waals surface area contributed by atoms with E-state index in [9.17, 15) is 4.79 Å². The highest BCUT2D eigenvalue weighted by Gasteiger charge is 2.28. The van der Waals surface area contributed by atoms with Crippen molar-refractivity contribution in [3.8, 4) is 0 Å². The number of fused-ring (bicyclic) bond motifs is 1. The lowest BCUT2D eigenvalue weighted by Gasteiger charge is -2.27. The predicted molar refractivity (Wildman–Crippen MR) is 108 cm³/mol. The highest BCUT2D eigenvalue weighted by Crippen LogP contribution is 2.30. The summed E-state index contributed by atoms with van der Waals surface area (Å²) in [5.74, 6) is 0.223. The number of hydrogen-bond acceptors (Lipinski definition) is 6. The van der Waals surface area contributed by atoms with Crippen LogP contribution in [0.15, 0.2) is 29.1 Å². The van der Waals surface area contributed by atoms with Crippen molar-refractivity contribution in [1.29, 1.82) is 0 Å². The van der Waals surface area contributed by atoms with E-state index < -0.39 is 0 Å². The largest absolute Gasteiger partial charge is 0.379 e. The van der Waals surface area contributed by atoms with Gasteiger partial charge in [0, 0.05) is 43.4 Å². The van der Waals surface area contributed by atoms with Gasteiger partial charge in [-0.15, -0.1) is 0 Å². The Hall–Kier alpha value is -2.84. The Morgan fingerprint density at radius 1 is 1.14 bits per heavy atom. The molecule has 150 valence electrons. The molecule has 0 atom stereocenters. The van der Waals surface area contributed by atoms with Gasteiger partial charge >= 0.3 is 0 Å². The maximum absolute atomic E-state index is 12.5. The number of nitrogens with zero attached hydrogens (tertiary/aromatic N) is 4. The number of hydrogen-bond donors (Lipinski definition) is 2. The van der Waals surface area contributed by atoms with E-state index in [4.69, 9.17) is 4.74 Å². The Morgan fingerprint density at radius 3 is 2.76 bits per heavy atom. The Balaban J connectivity index is 1.53. The number of H-pyrrole nitrogens is 1. The topological polar surface area (TPSA) is 95.5 Å². The summed E-state index contributed by atoms with van der Waals surface area (Å²) in [4.78, 5) is 27.1. The van der Waals surface area contributed by atoms with Crippen molar-refractivity contribution >= 4 is 17.7 Å². The molecule has 2 N–H and O–H groups in total. The molecule has 0 radical (unpaired) electrons. The van der Waals surface area contributed by atoms with Crippen LogP contribution in [0.4, 0.5) is 0 Å². The molecule has 1 saturated heterocycles. The van der Waals surface area contributed by atoms with Gasteiger partial charge in [0.2, 0.25) is 0 Å². The molecule has 0 unspecified atom stereocenters. The number of aromatic nitrogens is 3. The van der Waals surface area contributed by atoms with E-state index >= 15 is 0 Å². The zero-order valence-corrected chi connectivity index (χ0v) is 16.3. The van der Waals surface area contributed by atoms with Gasteiger partial charge < -0.3 is 9.72 Å². The van der Waals surface area contributed by atoms with E-state index in [2.05, 4.69) is 30.4 Å². The lowest BCUT2D eigenvalue weighted by Crippen LogP contribution is -2.36. The van der Waals surface area contributed by atoms with Gasteiger partial charge in [-0.25, -0.2) is 15.4 Å². The summed E-state index contributed by atoms with van der Waals surface area (Å²) in [5, 5.41) is 4.17. The van der Waals surface area contributed by atoms with Gasteiger partial charge in [0.1, 0.15) is 5.71 Å². The minimum Gasteiger partial charge on any atom is -0.379 e. The number of hydrazone groups is 1. The minimum absolute atomic E-state index is 0.225. The van der Waals surface area contributed by atoms with Crippen LogP contribution in [0.3, 0.4) is 0 Å². The number of rotatable bonds is 4. The summed E-state index contributed by atoms with van der Waals surface area (Å²) in [5.41, 5.74) is 8.56. The number of nitrogens with one attached hydrogen (secondary N) is 2. The number of morpholine rings is 1. The summed E-state index contributed by atoms with van der Waals surface area (Å²) in [6.07, 6.45) is 9.79. The molecule has 29 heavy (non-hydrogen) atoms. The van der Waals surface area contributed by atoms with E-state index in [1.54, 1.807) is 18.5 Å². The molecular weight excluding hydrogens is 368 g/mol. The van der Waals surface area contributed by atoms with Crippen molar-refractivity contribution in [2.45, 2.75) is 32.2 Å². The average molecular weight is 392 g/mol. The fraction of sp³-hybridized carbons (Fsp3) is 0.429. The van der Waals surface area contributed by atoms with Crippen molar-refractivity contribution in [3.05, 3.63) is 52.4 Å². The predicted octanol–water partition coefficient (Wildman–Crippen LogP) is 1.43. The zero-order chi connectivity index (χ0) is 19.6. The highest BCUT2D eigenvalue weighted by atomic mass is 16.5. The zero-order valence-electron chi connectivity index (χ0n) is 16.3. The molecule has 4 heterocycles. The quantitative estimate of drug-likeness (QED) is 0.768. The molecule has 2 aromatic heterocycles. The summed E-state index contributed by atoms with van der Waals surface area (Å²) in [6.45, 7) is 4.27. The van der Waals surface area contributed by atoms with Gasteiger partial charge in [0.25, 0.3) is 5.91 Å². The summed E-state index contributed by atoms with van der Waals surface area (Å²) < 4.78 is 5.50. The molecular formula is C21H24N6O2. The van der Waals surface area contributed by atoms with Crippen LogP contribution in [0, 0.1) is 0 Å². The maximum Gasteiger partial charge on any atom is 0.273 e. The summed E-state index contributed by atoms with van der Waals surface area (Å²) in [7, 11) is 0. The van der Waals surface area contributed by atoms with Gasteiger partial charge in [0.15, 0.2) is 5.82 Å². The van der Waals surface area contributed by atoms with E-state index in [0.29, 0.717) is 17.1 Å². The van der Waals surface area contributed by atoms with Crippen LogP contribution >= 0.6 is 0 Å². The Morgan fingerprint density at radius 2 is 1.93 bits per heavy atom. The molecule has 0 aromatic carbocycles. The molecule has 3 aliphatic rings. The fourth-order valence-corrected chi connectivity index (χ4v) is 4.27. The third kappa shape index (κ3) is 3.61. The number of aromatic amines is 1. The average Bonchev–Trinajstić information content (AvgIpc) is 3.30. The fourth-order valence-electron chi connectivity index (χ4n) is 4.27. The van der Waals surface area contributed by atoms with Crippen LogP contribution in [0.25, 0.3) is 6.08 Å². The van der Waals surface area contributed by atoms with Gasteiger partial charge in [-0.05, 0) is 49.0 Å². The van der Waals surface area contributed by atoms with Crippen LogP contribution < -0.4 is 5.43 Å². The SMILES string of the molecule is O=C1NN=C(c2ncccn2)/C1=C\c1[nH]c2c(c1CN1CCOCC1)CCCC2. The van der Waals surface area contributed by atoms with Gasteiger partial charge in [-0.3, -0.25) is 9.69 Å². The number of aryl methyl sites for hydroxylation is 1. The molecule has 0 saturated carbocycles. The highest BCUT2D eigenvalue weighted by molar-refractivity contribution is 6.32. The first-order valence-electron chi connectivity index (χ1n) is 10.2. The summed E-state index contributed by atoms with van der Waals surface area (Å²) in [6, 6.07) is 1.75. The molecule has 0 spiro atoms. The molecule has 8 nitrogen and oxygen atoms in total. The molecule has 2 aromatic rings. The molecule has 2 aliphatic heterocycles. The second-order valence-corrected chi connectivity index (χ2v) is 7.60. The third-order valence-corrected chi connectivity index (χ3v) is 5.76. The van der Waals surface area contributed by atoms with Gasteiger partial charge in [-0.1, -0.05) is 0 Å². The third-order valence-electron chi connectivity index (χ3n) is 5.76. The van der Waals surface area contributed by atoms with Crippen LogP contribution in [-0.4, -0.2) is 57.8 Å². The van der Waals surface area contributed by atoms with Crippen molar-refractivity contribution < 1.29 is 9.53 Å². The molecule has 1 aliphatic carbocycles. The second-order valence-electron chi connectivity index (χ2n) is 7.60. The monoisotopic (exact) mass is 392 g/mol. The van der Waals surface area contributed by atoms with Gasteiger partial charge in [0.05, 0.1) is 18.8 Å². The number of ether oxygens (including phenoxy) is 1. The van der Waals surface area contributed by atoms with E-state index in [0.717, 1.165) is 51.4 Å². The number of carbonyl (C=O) groups is 1. The van der Waals surface area contributed by atoms with Crippen LogP contribution in [-0.2, 0) is 28.9 Å². The Labute approximate surface area is 169 Å². The van der Waals surface area contributed by atoms with E-state index in [-0.39, 0.29) is 5.91 Å². The first kappa shape index (κ1) is 18.2. The first-order chi connectivity index (χ1) is 14.3. The first-order valence-corrected chi connectivity index (χ1v) is 10.2. The van der Waals surface area contributed by atoms with Crippen LogP contribution in [0.2, 0.25) is 0 Å². The number of carbonyl (C=O) groups excluding carboxylic acids is 1. The Bertz CT molecular complexity index is 973. The summed E-state index contributed by atoms with van der Waals surface area (Å²) >= 11 is 0.